The minimum atomic E-state index is -3.28. The van der Waals surface area contributed by atoms with Crippen molar-refractivity contribution >= 4 is 32.1 Å². The molecule has 1 aromatic heterocycles. The molecule has 0 spiro atoms. The van der Waals surface area contributed by atoms with Gasteiger partial charge in [-0.25, -0.2) is 8.42 Å². The molecule has 2 aromatic rings. The Labute approximate surface area is 169 Å². The molecule has 0 radical (unpaired) electrons. The van der Waals surface area contributed by atoms with Gasteiger partial charge in [0.2, 0.25) is 0 Å². The molecule has 1 amide bonds. The molecule has 1 unspecified atom stereocenters. The number of hydrogen-bond donors (Lipinski definition) is 1. The van der Waals surface area contributed by atoms with E-state index in [1.165, 1.54) is 40.5 Å². The molecule has 148 valence electrons. The van der Waals surface area contributed by atoms with Gasteiger partial charge in [-0.1, -0.05) is 6.42 Å². The molecule has 1 heterocycles. The molecule has 6 nitrogen and oxygen atoms in total. The van der Waals surface area contributed by atoms with Crippen molar-refractivity contribution in [3.05, 3.63) is 40.3 Å². The number of ether oxygens (including phenoxy) is 1. The number of aryl methyl sites for hydroxylation is 1. The van der Waals surface area contributed by atoms with Crippen molar-refractivity contribution in [1.82, 2.24) is 0 Å². The maximum absolute atomic E-state index is 12.6. The minimum absolute atomic E-state index is 0.190. The highest BCUT2D eigenvalue weighted by Crippen LogP contribution is 2.37. The van der Waals surface area contributed by atoms with Crippen LogP contribution in [0.1, 0.15) is 42.2 Å². The highest BCUT2D eigenvalue weighted by molar-refractivity contribution is 7.90. The van der Waals surface area contributed by atoms with Gasteiger partial charge >= 0.3 is 0 Å². The van der Waals surface area contributed by atoms with Crippen molar-refractivity contribution < 1.29 is 17.9 Å². The lowest BCUT2D eigenvalue weighted by molar-refractivity contribution is -0.122. The van der Waals surface area contributed by atoms with Gasteiger partial charge in [0.05, 0.1) is 10.5 Å². The molecule has 0 saturated heterocycles. The summed E-state index contributed by atoms with van der Waals surface area (Å²) in [7, 11) is -3.28. The smallest absolute Gasteiger partial charge is 0.265 e. The molecule has 1 N–H and O–H groups in total. The van der Waals surface area contributed by atoms with Crippen molar-refractivity contribution in [3.8, 4) is 11.8 Å². The fourth-order valence-corrected chi connectivity index (χ4v) is 5.06. The Morgan fingerprint density at radius 1 is 1.21 bits per heavy atom. The topological polar surface area (TPSA) is 96.3 Å². The fraction of sp³-hybridized carbons (Fsp3) is 0.400. The molecule has 1 aliphatic carbocycles. The van der Waals surface area contributed by atoms with Crippen LogP contribution >= 0.6 is 11.3 Å². The van der Waals surface area contributed by atoms with E-state index in [0.29, 0.717) is 16.3 Å². The van der Waals surface area contributed by atoms with Crippen molar-refractivity contribution in [2.45, 2.75) is 50.0 Å². The average Bonchev–Trinajstić information content (AvgIpc) is 2.81. The summed E-state index contributed by atoms with van der Waals surface area (Å²) in [5.41, 5.74) is 1.64. The molecule has 0 saturated carbocycles. The Bertz CT molecular complexity index is 1020. The third kappa shape index (κ3) is 4.54. The van der Waals surface area contributed by atoms with Crippen molar-refractivity contribution in [2.75, 3.05) is 11.6 Å². The number of amides is 1. The van der Waals surface area contributed by atoms with Crippen LogP contribution in [0.3, 0.4) is 0 Å². The number of rotatable bonds is 5. The van der Waals surface area contributed by atoms with Crippen LogP contribution in [0.2, 0.25) is 0 Å². The van der Waals surface area contributed by atoms with E-state index >= 15 is 0 Å². The van der Waals surface area contributed by atoms with E-state index < -0.39 is 15.9 Å². The summed E-state index contributed by atoms with van der Waals surface area (Å²) in [6.07, 6.45) is 5.50. The van der Waals surface area contributed by atoms with Gasteiger partial charge in [0.25, 0.3) is 5.91 Å². The Hall–Kier alpha value is -2.37. The molecule has 8 heteroatoms. The van der Waals surface area contributed by atoms with Crippen molar-refractivity contribution in [3.63, 3.8) is 0 Å². The van der Waals surface area contributed by atoms with Crippen LogP contribution in [-0.2, 0) is 27.5 Å². The van der Waals surface area contributed by atoms with Gasteiger partial charge < -0.3 is 10.1 Å². The number of carbonyl (C=O) groups excluding carboxylic acids is 1. The summed E-state index contributed by atoms with van der Waals surface area (Å²) in [5.74, 6) is 0.0533. The first-order chi connectivity index (χ1) is 13.3. The summed E-state index contributed by atoms with van der Waals surface area (Å²) in [6.45, 7) is 1.62. The monoisotopic (exact) mass is 418 g/mol. The summed E-state index contributed by atoms with van der Waals surface area (Å²) in [4.78, 5) is 13.9. The Morgan fingerprint density at radius 3 is 2.54 bits per heavy atom. The lowest BCUT2D eigenvalue weighted by Crippen LogP contribution is -2.30. The number of sulfone groups is 1. The zero-order valence-electron chi connectivity index (χ0n) is 15.8. The number of carbonyl (C=O) groups is 1. The standard InChI is InChI=1S/C20H22N2O4S2/c1-13(26-14-8-10-15(11-9-14)28(2,24)25)19(23)22-20-17(12-21)16-6-4-3-5-7-18(16)27-20/h8-11,13H,3-7H2,1-2H3,(H,22,23). The van der Waals surface area contributed by atoms with Crippen LogP contribution < -0.4 is 10.1 Å². The zero-order valence-corrected chi connectivity index (χ0v) is 17.5. The molecule has 28 heavy (non-hydrogen) atoms. The maximum Gasteiger partial charge on any atom is 0.265 e. The number of nitrogens with one attached hydrogen (secondary N) is 1. The van der Waals surface area contributed by atoms with Crippen LogP contribution in [0, 0.1) is 11.3 Å². The molecule has 3 rings (SSSR count). The fourth-order valence-electron chi connectivity index (χ4n) is 3.19. The molecule has 1 aliphatic rings. The normalized spacial score (nSPS) is 15.0. The highest BCUT2D eigenvalue weighted by Gasteiger charge is 2.23. The van der Waals surface area contributed by atoms with Gasteiger partial charge in [0, 0.05) is 11.1 Å². The molecule has 1 aromatic carbocycles. The first-order valence-electron chi connectivity index (χ1n) is 9.12. The lowest BCUT2D eigenvalue weighted by atomic mass is 10.1. The van der Waals surface area contributed by atoms with E-state index in [2.05, 4.69) is 11.4 Å². The largest absolute Gasteiger partial charge is 0.481 e. The van der Waals surface area contributed by atoms with Gasteiger partial charge in [-0.3, -0.25) is 4.79 Å². The lowest BCUT2D eigenvalue weighted by Gasteiger charge is -2.14. The molecule has 0 bridgehead atoms. The molecule has 0 aliphatic heterocycles. The third-order valence-electron chi connectivity index (χ3n) is 4.70. The SMILES string of the molecule is CC(Oc1ccc(S(C)(=O)=O)cc1)C(=O)Nc1sc2c(c1C#N)CCCCC2. The van der Waals surface area contributed by atoms with E-state index in [1.807, 2.05) is 0 Å². The van der Waals surface area contributed by atoms with Crippen LogP contribution in [0.4, 0.5) is 5.00 Å². The quantitative estimate of drug-likeness (QED) is 0.747. The first kappa shape index (κ1) is 20.4. The summed E-state index contributed by atoms with van der Waals surface area (Å²) in [6, 6.07) is 8.18. The third-order valence-corrected chi connectivity index (χ3v) is 7.04. The molecular weight excluding hydrogens is 396 g/mol. The van der Waals surface area contributed by atoms with Crippen LogP contribution in [0.25, 0.3) is 0 Å². The van der Waals surface area contributed by atoms with Gasteiger partial charge in [0.15, 0.2) is 15.9 Å². The number of benzene rings is 1. The summed E-state index contributed by atoms with van der Waals surface area (Å²) < 4.78 is 28.7. The van der Waals surface area contributed by atoms with Gasteiger partial charge in [-0.05, 0) is 62.4 Å². The number of fused-ring (bicyclic) bond motifs is 1. The van der Waals surface area contributed by atoms with Crippen molar-refractivity contribution in [1.29, 1.82) is 5.26 Å². The number of thiophene rings is 1. The second kappa shape index (κ2) is 8.33. The first-order valence-corrected chi connectivity index (χ1v) is 11.8. The predicted octanol–water partition coefficient (Wildman–Crippen LogP) is 3.70. The molecule has 1 atom stereocenters. The number of nitrogens with zero attached hydrogens (tertiary/aromatic N) is 1. The highest BCUT2D eigenvalue weighted by atomic mass is 32.2. The number of anilines is 1. The van der Waals surface area contributed by atoms with Gasteiger partial charge in [-0.2, -0.15) is 5.26 Å². The summed E-state index contributed by atoms with van der Waals surface area (Å²) in [5, 5.41) is 13.0. The van der Waals surface area contributed by atoms with Gasteiger partial charge in [-0.15, -0.1) is 11.3 Å². The summed E-state index contributed by atoms with van der Waals surface area (Å²) >= 11 is 1.48. The number of hydrogen-bond acceptors (Lipinski definition) is 6. The Morgan fingerprint density at radius 2 is 1.89 bits per heavy atom. The van der Waals surface area contributed by atoms with Crippen LogP contribution in [-0.4, -0.2) is 26.7 Å². The second-order valence-electron chi connectivity index (χ2n) is 6.87. The van der Waals surface area contributed by atoms with Crippen molar-refractivity contribution in [2.24, 2.45) is 0 Å². The Balaban J connectivity index is 1.70. The minimum Gasteiger partial charge on any atom is -0.481 e. The van der Waals surface area contributed by atoms with Crippen LogP contribution in [0.5, 0.6) is 5.75 Å². The molecular formula is C20H22N2O4S2. The van der Waals surface area contributed by atoms with Gasteiger partial charge in [0.1, 0.15) is 16.8 Å². The Kier molecular flexibility index (Phi) is 6.06. The van der Waals surface area contributed by atoms with E-state index in [0.717, 1.165) is 43.9 Å². The number of nitriles is 1. The average molecular weight is 419 g/mol. The van der Waals surface area contributed by atoms with E-state index in [1.54, 1.807) is 6.92 Å². The predicted molar refractivity (Wildman–Crippen MR) is 109 cm³/mol. The van der Waals surface area contributed by atoms with E-state index in [9.17, 15) is 18.5 Å². The molecule has 0 fully saturated rings. The van der Waals surface area contributed by atoms with E-state index in [4.69, 9.17) is 4.74 Å². The van der Waals surface area contributed by atoms with E-state index in [-0.39, 0.29) is 10.8 Å². The van der Waals surface area contributed by atoms with Crippen LogP contribution in [0.15, 0.2) is 29.2 Å². The zero-order chi connectivity index (χ0) is 20.3. The maximum atomic E-state index is 12.6. The second-order valence-corrected chi connectivity index (χ2v) is 9.99.